The quantitative estimate of drug-likeness (QED) is 0.668. The number of imide groups is 1. The fraction of sp³-hybridized carbons (Fsp3) is 0.300. The lowest BCUT2D eigenvalue weighted by Gasteiger charge is -2.17. The van der Waals surface area contributed by atoms with Crippen LogP contribution < -0.4 is 10.2 Å². The number of benzene rings is 1. The molecule has 1 aromatic carbocycles. The molecule has 2 fully saturated rings. The number of hydrogen-bond donors (Lipinski definition) is 1. The van der Waals surface area contributed by atoms with Gasteiger partial charge < -0.3 is 9.84 Å². The molecule has 1 saturated carbocycles. The second-order valence-electron chi connectivity index (χ2n) is 7.34. The largest absolute Gasteiger partial charge is 0.360 e. The summed E-state index contributed by atoms with van der Waals surface area (Å²) in [7, 11) is 0. The van der Waals surface area contributed by atoms with Crippen molar-refractivity contribution >= 4 is 29.2 Å². The highest BCUT2D eigenvalue weighted by atomic mass is 16.5. The van der Waals surface area contributed by atoms with Crippen LogP contribution in [-0.2, 0) is 9.59 Å². The molecule has 1 aromatic heterocycles. The summed E-state index contributed by atoms with van der Waals surface area (Å²) in [4.78, 5) is 39.2. The van der Waals surface area contributed by atoms with E-state index in [-0.39, 0.29) is 41.4 Å². The summed E-state index contributed by atoms with van der Waals surface area (Å²) in [6.45, 7) is 1.73. The number of hydrogen-bond acceptors (Lipinski definition) is 5. The normalized spacial score (nSPS) is 28.1. The van der Waals surface area contributed by atoms with Crippen molar-refractivity contribution in [2.24, 2.45) is 23.7 Å². The van der Waals surface area contributed by atoms with Crippen LogP contribution in [0.3, 0.4) is 0 Å². The van der Waals surface area contributed by atoms with Crippen molar-refractivity contribution in [3.8, 4) is 0 Å². The fourth-order valence-electron chi connectivity index (χ4n) is 4.53. The van der Waals surface area contributed by atoms with Gasteiger partial charge in [0.05, 0.1) is 17.5 Å². The zero-order chi connectivity index (χ0) is 18.7. The van der Waals surface area contributed by atoms with Crippen LogP contribution in [0.1, 0.15) is 22.5 Å². The number of aryl methyl sites for hydroxylation is 1. The monoisotopic (exact) mass is 363 g/mol. The lowest BCUT2D eigenvalue weighted by Crippen LogP contribution is -2.32. The van der Waals surface area contributed by atoms with Crippen LogP contribution in [0.4, 0.5) is 11.5 Å². The minimum atomic E-state index is -0.340. The first-order chi connectivity index (χ1) is 13.0. The summed E-state index contributed by atoms with van der Waals surface area (Å²) in [5.41, 5.74) is 0.910. The molecule has 0 unspecified atom stereocenters. The third kappa shape index (κ3) is 2.34. The maximum atomic E-state index is 12.8. The second-order valence-corrected chi connectivity index (χ2v) is 7.34. The third-order valence-corrected chi connectivity index (χ3v) is 5.73. The van der Waals surface area contributed by atoms with Crippen molar-refractivity contribution in [2.45, 2.75) is 13.3 Å². The molecule has 136 valence electrons. The van der Waals surface area contributed by atoms with E-state index in [9.17, 15) is 14.4 Å². The van der Waals surface area contributed by atoms with Gasteiger partial charge in [0, 0.05) is 11.6 Å². The molecular formula is C20H17N3O4. The first kappa shape index (κ1) is 16.0. The van der Waals surface area contributed by atoms with Gasteiger partial charge in [0.2, 0.25) is 11.8 Å². The molecule has 2 aliphatic carbocycles. The van der Waals surface area contributed by atoms with Gasteiger partial charge in [-0.25, -0.2) is 0 Å². The van der Waals surface area contributed by atoms with Crippen molar-refractivity contribution in [1.29, 1.82) is 0 Å². The van der Waals surface area contributed by atoms with Gasteiger partial charge in [-0.1, -0.05) is 17.3 Å². The molecule has 5 rings (SSSR count). The van der Waals surface area contributed by atoms with E-state index in [1.54, 1.807) is 37.3 Å². The molecule has 1 N–H and O–H groups in total. The van der Waals surface area contributed by atoms with E-state index >= 15 is 0 Å². The standard InChI is InChI=1S/C20H17N3O4/c1-10-8-15(22-27-10)21-18(24)11-4-6-14(7-5-11)23-19(25)16-12-2-3-13(9-12)17(16)20(23)26/h2-8,12-13,16-17H,9H2,1H3,(H,21,22,24)/t12-,13-,16-,17+/m1/s1. The minimum Gasteiger partial charge on any atom is -0.360 e. The first-order valence-electron chi connectivity index (χ1n) is 8.94. The zero-order valence-electron chi connectivity index (χ0n) is 14.6. The number of carbonyl (C=O) groups is 3. The predicted molar refractivity (Wildman–Crippen MR) is 95.8 cm³/mol. The molecule has 2 aromatic rings. The summed E-state index contributed by atoms with van der Waals surface area (Å²) < 4.78 is 4.92. The van der Waals surface area contributed by atoms with Gasteiger partial charge in [-0.3, -0.25) is 19.3 Å². The van der Waals surface area contributed by atoms with Gasteiger partial charge in [-0.2, -0.15) is 0 Å². The lowest BCUT2D eigenvalue weighted by molar-refractivity contribution is -0.123. The molecule has 0 spiro atoms. The molecule has 1 aliphatic heterocycles. The maximum absolute atomic E-state index is 12.8. The smallest absolute Gasteiger partial charge is 0.256 e. The van der Waals surface area contributed by atoms with E-state index in [4.69, 9.17) is 4.52 Å². The Bertz CT molecular complexity index is 961. The van der Waals surface area contributed by atoms with Crippen LogP contribution in [0.15, 0.2) is 47.0 Å². The Morgan fingerprint density at radius 2 is 1.74 bits per heavy atom. The highest BCUT2D eigenvalue weighted by Crippen LogP contribution is 2.53. The van der Waals surface area contributed by atoms with Crippen LogP contribution in [-0.4, -0.2) is 22.9 Å². The van der Waals surface area contributed by atoms with E-state index in [2.05, 4.69) is 22.6 Å². The Morgan fingerprint density at radius 3 is 2.30 bits per heavy atom. The minimum absolute atomic E-state index is 0.128. The molecule has 2 bridgehead atoms. The Labute approximate surface area is 155 Å². The molecule has 4 atom stereocenters. The van der Waals surface area contributed by atoms with Gasteiger partial charge in [0.25, 0.3) is 5.91 Å². The Hall–Kier alpha value is -3.22. The number of rotatable bonds is 3. The van der Waals surface area contributed by atoms with Crippen molar-refractivity contribution in [2.75, 3.05) is 10.2 Å². The molecule has 27 heavy (non-hydrogen) atoms. The van der Waals surface area contributed by atoms with Crippen LogP contribution >= 0.6 is 0 Å². The molecule has 7 heteroatoms. The maximum Gasteiger partial charge on any atom is 0.256 e. The molecular weight excluding hydrogens is 346 g/mol. The third-order valence-electron chi connectivity index (χ3n) is 5.73. The molecule has 3 aliphatic rings. The molecule has 0 radical (unpaired) electrons. The van der Waals surface area contributed by atoms with Crippen LogP contribution in [0.5, 0.6) is 0 Å². The topological polar surface area (TPSA) is 92.5 Å². The highest BCUT2D eigenvalue weighted by molar-refractivity contribution is 6.23. The number of nitrogens with one attached hydrogen (secondary N) is 1. The number of amides is 3. The van der Waals surface area contributed by atoms with Gasteiger partial charge in [0.15, 0.2) is 5.82 Å². The van der Waals surface area contributed by atoms with E-state index in [1.807, 2.05) is 0 Å². The van der Waals surface area contributed by atoms with Crippen LogP contribution in [0, 0.1) is 30.6 Å². The molecule has 2 heterocycles. The van der Waals surface area contributed by atoms with Crippen molar-refractivity contribution in [3.05, 3.63) is 53.8 Å². The number of carbonyl (C=O) groups excluding carboxylic acids is 3. The van der Waals surface area contributed by atoms with Crippen molar-refractivity contribution < 1.29 is 18.9 Å². The summed E-state index contributed by atoms with van der Waals surface area (Å²) in [6.07, 6.45) is 5.04. The Balaban J connectivity index is 1.36. The fourth-order valence-corrected chi connectivity index (χ4v) is 4.53. The Kier molecular flexibility index (Phi) is 3.34. The number of nitrogens with zero attached hydrogens (tertiary/aromatic N) is 2. The average molecular weight is 363 g/mol. The molecule has 7 nitrogen and oxygen atoms in total. The summed E-state index contributed by atoms with van der Waals surface area (Å²) in [5.74, 6) is 0.233. The van der Waals surface area contributed by atoms with Crippen molar-refractivity contribution in [1.82, 2.24) is 5.16 Å². The number of aromatic nitrogens is 1. The lowest BCUT2D eigenvalue weighted by atomic mass is 9.85. The number of fused-ring (bicyclic) bond motifs is 5. The SMILES string of the molecule is Cc1cc(NC(=O)c2ccc(N3C(=O)[C@@H]4[C@H](C3=O)[C@@H]3C=C[C@@H]4C3)cc2)no1. The molecule has 3 amide bonds. The van der Waals surface area contributed by atoms with Crippen LogP contribution in [0.25, 0.3) is 0 Å². The number of allylic oxidation sites excluding steroid dienone is 2. The van der Waals surface area contributed by atoms with Crippen LogP contribution in [0.2, 0.25) is 0 Å². The van der Waals surface area contributed by atoms with E-state index in [1.165, 1.54) is 4.90 Å². The highest BCUT2D eigenvalue weighted by Gasteiger charge is 2.59. The predicted octanol–water partition coefficient (Wildman–Crippen LogP) is 2.55. The average Bonchev–Trinajstić information content (AvgIpc) is 3.41. The second kappa shape index (κ2) is 5.64. The zero-order valence-corrected chi connectivity index (χ0v) is 14.6. The van der Waals surface area contributed by atoms with E-state index in [0.29, 0.717) is 22.8 Å². The van der Waals surface area contributed by atoms with Gasteiger partial charge in [0.1, 0.15) is 5.76 Å². The summed E-state index contributed by atoms with van der Waals surface area (Å²) >= 11 is 0. The van der Waals surface area contributed by atoms with Gasteiger partial charge in [-0.15, -0.1) is 0 Å². The van der Waals surface area contributed by atoms with E-state index < -0.39 is 0 Å². The summed E-state index contributed by atoms with van der Waals surface area (Å²) in [5, 5.41) is 6.36. The van der Waals surface area contributed by atoms with Crippen molar-refractivity contribution in [3.63, 3.8) is 0 Å². The molecule has 1 saturated heterocycles. The van der Waals surface area contributed by atoms with Gasteiger partial charge >= 0.3 is 0 Å². The number of anilines is 2. The summed E-state index contributed by atoms with van der Waals surface area (Å²) in [6, 6.07) is 8.08. The van der Waals surface area contributed by atoms with E-state index in [0.717, 1.165) is 6.42 Å². The Morgan fingerprint density at radius 1 is 1.11 bits per heavy atom. The van der Waals surface area contributed by atoms with Gasteiger partial charge in [-0.05, 0) is 49.4 Å². The first-order valence-corrected chi connectivity index (χ1v) is 8.94.